The van der Waals surface area contributed by atoms with Crippen LogP contribution in [-0.4, -0.2) is 13.4 Å². The molecule has 0 unspecified atom stereocenters. The number of hydrogen-bond donors (Lipinski definition) is 0. The van der Waals surface area contributed by atoms with E-state index in [-0.39, 0.29) is 0 Å². The Hall–Kier alpha value is -0.790. The van der Waals surface area contributed by atoms with Crippen molar-refractivity contribution in [2.45, 2.75) is 0 Å². The van der Waals surface area contributed by atoms with Gasteiger partial charge in [-0.25, -0.2) is 0 Å². The quantitative estimate of drug-likeness (QED) is 0.282. The van der Waals surface area contributed by atoms with Crippen molar-refractivity contribution in [1.29, 1.82) is 0 Å². The average molecular weight is 85.1 g/mol. The first-order valence-electron chi connectivity index (χ1n) is 1.57. The van der Waals surface area contributed by atoms with Crippen molar-refractivity contribution in [1.82, 2.24) is 0 Å². The molecule has 0 spiro atoms. The minimum absolute atomic E-state index is 0.309. The van der Waals surface area contributed by atoms with Crippen molar-refractivity contribution >= 4 is 6.72 Å². The first kappa shape index (κ1) is 5.21. The number of rotatable bonds is 3. The lowest BCUT2D eigenvalue weighted by Gasteiger charge is -1.86. The lowest BCUT2D eigenvalue weighted by atomic mass is 11.1. The summed E-state index contributed by atoms with van der Waals surface area (Å²) in [6.45, 7) is 6.77. The molecule has 0 heterocycles. The largest absolute Gasteiger partial charge is 0.480 e. The summed E-state index contributed by atoms with van der Waals surface area (Å²) in [4.78, 5) is 3.38. The van der Waals surface area contributed by atoms with Crippen LogP contribution in [0.4, 0.5) is 0 Å². The van der Waals surface area contributed by atoms with Gasteiger partial charge in [0.1, 0.15) is 0 Å². The highest BCUT2D eigenvalue weighted by molar-refractivity contribution is 5.22. The zero-order chi connectivity index (χ0) is 4.83. The van der Waals surface area contributed by atoms with Gasteiger partial charge in [0.2, 0.25) is 0 Å². The molecule has 0 aromatic rings. The highest BCUT2D eigenvalue weighted by Crippen LogP contribution is 1.69. The van der Waals surface area contributed by atoms with E-state index in [1.807, 2.05) is 0 Å². The van der Waals surface area contributed by atoms with Crippen LogP contribution < -0.4 is 0 Å². The van der Waals surface area contributed by atoms with Gasteiger partial charge in [-0.15, -0.1) is 0 Å². The third kappa shape index (κ3) is 3.21. The van der Waals surface area contributed by atoms with Crippen LogP contribution in [-0.2, 0) is 4.74 Å². The van der Waals surface area contributed by atoms with E-state index < -0.39 is 0 Å². The number of nitrogens with zero attached hydrogens (tertiary/aromatic N) is 1. The van der Waals surface area contributed by atoms with Crippen LogP contribution in [0.15, 0.2) is 17.8 Å². The van der Waals surface area contributed by atoms with E-state index in [0.717, 1.165) is 0 Å². The van der Waals surface area contributed by atoms with E-state index in [1.165, 1.54) is 6.26 Å². The number of hydrogen-bond acceptors (Lipinski definition) is 2. The van der Waals surface area contributed by atoms with Crippen molar-refractivity contribution in [2.75, 3.05) is 6.73 Å². The fourth-order valence-electron chi connectivity index (χ4n) is 0.105. The lowest BCUT2D eigenvalue weighted by Crippen LogP contribution is -1.75. The van der Waals surface area contributed by atoms with E-state index in [1.54, 1.807) is 0 Å². The molecule has 0 atom stereocenters. The summed E-state index contributed by atoms with van der Waals surface area (Å²) in [5.74, 6) is 0. The summed E-state index contributed by atoms with van der Waals surface area (Å²) < 4.78 is 4.52. The summed E-state index contributed by atoms with van der Waals surface area (Å²) in [6, 6.07) is 0. The van der Waals surface area contributed by atoms with Crippen LogP contribution >= 0.6 is 0 Å². The zero-order valence-corrected chi connectivity index (χ0v) is 3.55. The molecular formula is C4H7NO. The summed E-state index contributed by atoms with van der Waals surface area (Å²) in [5, 5.41) is 0. The standard InChI is InChI=1S/C4H7NO/c1-3-6-4-5-2/h3H,1-2,4H2. The van der Waals surface area contributed by atoms with Gasteiger partial charge in [0.15, 0.2) is 6.73 Å². The zero-order valence-electron chi connectivity index (χ0n) is 3.55. The molecular weight excluding hydrogens is 78.0 g/mol. The van der Waals surface area contributed by atoms with Gasteiger partial charge >= 0.3 is 0 Å². The van der Waals surface area contributed by atoms with E-state index in [0.29, 0.717) is 6.73 Å². The van der Waals surface area contributed by atoms with Gasteiger partial charge < -0.3 is 4.74 Å². The van der Waals surface area contributed by atoms with Gasteiger partial charge in [-0.05, 0) is 6.72 Å². The fourth-order valence-corrected chi connectivity index (χ4v) is 0.105. The Bertz CT molecular complexity index is 43.5. The van der Waals surface area contributed by atoms with Gasteiger partial charge in [0.25, 0.3) is 0 Å². The monoisotopic (exact) mass is 85.1 g/mol. The Kier molecular flexibility index (Phi) is 3.66. The lowest BCUT2D eigenvalue weighted by molar-refractivity contribution is 0.264. The van der Waals surface area contributed by atoms with Crippen LogP contribution in [0, 0.1) is 0 Å². The summed E-state index contributed by atoms with van der Waals surface area (Å²) in [5.41, 5.74) is 0. The Balaban J connectivity index is 2.66. The van der Waals surface area contributed by atoms with E-state index in [4.69, 9.17) is 0 Å². The summed E-state index contributed by atoms with van der Waals surface area (Å²) >= 11 is 0. The average Bonchev–Trinajstić information content (AvgIpc) is 1.61. The molecule has 0 fully saturated rings. The van der Waals surface area contributed by atoms with Crippen molar-refractivity contribution in [2.24, 2.45) is 4.99 Å². The molecule has 0 saturated heterocycles. The van der Waals surface area contributed by atoms with Gasteiger partial charge in [-0.2, -0.15) is 0 Å². The normalized spacial score (nSPS) is 6.67. The fraction of sp³-hybridized carbons (Fsp3) is 0.250. The number of ether oxygens (including phenoxy) is 1. The molecule has 2 heteroatoms. The molecule has 0 amide bonds. The Labute approximate surface area is 37.2 Å². The highest BCUT2D eigenvalue weighted by Gasteiger charge is 1.61. The van der Waals surface area contributed by atoms with E-state index in [9.17, 15) is 0 Å². The molecule has 0 bridgehead atoms. The highest BCUT2D eigenvalue weighted by atomic mass is 16.5. The molecule has 0 radical (unpaired) electrons. The molecule has 0 aromatic heterocycles. The van der Waals surface area contributed by atoms with Gasteiger partial charge in [-0.1, -0.05) is 6.58 Å². The first-order chi connectivity index (χ1) is 2.91. The van der Waals surface area contributed by atoms with Crippen LogP contribution in [0.3, 0.4) is 0 Å². The minimum atomic E-state index is 0.309. The molecule has 0 aliphatic heterocycles. The van der Waals surface area contributed by atoms with Crippen LogP contribution in [0.5, 0.6) is 0 Å². The van der Waals surface area contributed by atoms with Crippen LogP contribution in [0.2, 0.25) is 0 Å². The Morgan fingerprint density at radius 1 is 1.83 bits per heavy atom. The topological polar surface area (TPSA) is 21.6 Å². The van der Waals surface area contributed by atoms with Crippen LogP contribution in [0.1, 0.15) is 0 Å². The van der Waals surface area contributed by atoms with Gasteiger partial charge in [0, 0.05) is 0 Å². The third-order valence-corrected chi connectivity index (χ3v) is 0.284. The smallest absolute Gasteiger partial charge is 0.177 e. The Morgan fingerprint density at radius 3 is 2.67 bits per heavy atom. The molecule has 0 rings (SSSR count). The molecule has 0 saturated carbocycles. The second-order valence-corrected chi connectivity index (χ2v) is 0.686. The SMILES string of the molecule is C=COCN=C. The molecule has 0 N–H and O–H groups in total. The van der Waals surface area contributed by atoms with Crippen molar-refractivity contribution in [3.8, 4) is 0 Å². The van der Waals surface area contributed by atoms with Crippen molar-refractivity contribution < 1.29 is 4.74 Å². The molecule has 2 nitrogen and oxygen atoms in total. The maximum absolute atomic E-state index is 4.52. The molecule has 0 aliphatic rings. The first-order valence-corrected chi connectivity index (χ1v) is 1.57. The van der Waals surface area contributed by atoms with Crippen molar-refractivity contribution in [3.05, 3.63) is 12.8 Å². The second-order valence-electron chi connectivity index (χ2n) is 0.686. The second kappa shape index (κ2) is 4.21. The van der Waals surface area contributed by atoms with Crippen LogP contribution in [0.25, 0.3) is 0 Å². The molecule has 0 aromatic carbocycles. The van der Waals surface area contributed by atoms with E-state index >= 15 is 0 Å². The van der Waals surface area contributed by atoms with Gasteiger partial charge in [-0.3, -0.25) is 4.99 Å². The number of aliphatic imine (C=N–C) groups is 1. The summed E-state index contributed by atoms with van der Waals surface area (Å²) in [6.07, 6.45) is 1.33. The maximum atomic E-state index is 4.52. The summed E-state index contributed by atoms with van der Waals surface area (Å²) in [7, 11) is 0. The van der Waals surface area contributed by atoms with E-state index in [2.05, 4.69) is 23.0 Å². The molecule has 0 aliphatic carbocycles. The van der Waals surface area contributed by atoms with Crippen molar-refractivity contribution in [3.63, 3.8) is 0 Å². The maximum Gasteiger partial charge on any atom is 0.177 e. The predicted octanol–water partition coefficient (Wildman–Crippen LogP) is 0.805. The third-order valence-electron chi connectivity index (χ3n) is 0.284. The van der Waals surface area contributed by atoms with Gasteiger partial charge in [0.05, 0.1) is 6.26 Å². The Morgan fingerprint density at radius 2 is 2.50 bits per heavy atom. The molecule has 6 heavy (non-hydrogen) atoms. The molecule has 34 valence electrons. The predicted molar refractivity (Wildman–Crippen MR) is 25.7 cm³/mol. The minimum Gasteiger partial charge on any atom is -0.480 e.